The summed E-state index contributed by atoms with van der Waals surface area (Å²) in [6, 6.07) is 8.72. The third kappa shape index (κ3) is 4.78. The number of azo groups is 1. The maximum atomic E-state index is 12.0. The van der Waals surface area contributed by atoms with Crippen LogP contribution in [0.2, 0.25) is 0 Å². The second-order valence-corrected chi connectivity index (χ2v) is 5.27. The van der Waals surface area contributed by atoms with Gasteiger partial charge in [0.2, 0.25) is 0 Å². The van der Waals surface area contributed by atoms with Crippen molar-refractivity contribution >= 4 is 33.1 Å². The summed E-state index contributed by atoms with van der Waals surface area (Å²) in [7, 11) is 0. The molecule has 118 valence electrons. The van der Waals surface area contributed by atoms with E-state index in [1.165, 1.54) is 0 Å². The van der Waals surface area contributed by atoms with Gasteiger partial charge >= 0.3 is 16.5 Å². The second kappa shape index (κ2) is 8.86. The van der Waals surface area contributed by atoms with E-state index in [1.807, 2.05) is 12.1 Å². The molecule has 2 rings (SSSR count). The SMILES string of the molecule is CCN(CC)c1ccc(N=Nc2ccc(Br)cn2)c([O-])c1.[Ni+2]. The fourth-order valence-corrected chi connectivity index (χ4v) is 2.14. The minimum atomic E-state index is -0.139. The average molecular weight is 407 g/mol. The topological polar surface area (TPSA) is 63.9 Å². The third-order valence-electron chi connectivity index (χ3n) is 3.04. The first-order valence-electron chi connectivity index (χ1n) is 6.73. The maximum absolute atomic E-state index is 12.0. The summed E-state index contributed by atoms with van der Waals surface area (Å²) in [6.07, 6.45) is 1.63. The fraction of sp³-hybridized carbons (Fsp3) is 0.267. The molecule has 1 aromatic heterocycles. The summed E-state index contributed by atoms with van der Waals surface area (Å²) in [5.74, 6) is 0.325. The van der Waals surface area contributed by atoms with Gasteiger partial charge in [-0.3, -0.25) is 0 Å². The summed E-state index contributed by atoms with van der Waals surface area (Å²) in [5.41, 5.74) is 1.22. The van der Waals surface area contributed by atoms with Crippen LogP contribution in [-0.2, 0) is 16.5 Å². The molecule has 0 fully saturated rings. The Bertz CT molecular complexity index is 630. The van der Waals surface area contributed by atoms with Gasteiger partial charge in [0.1, 0.15) is 0 Å². The van der Waals surface area contributed by atoms with Gasteiger partial charge < -0.3 is 10.0 Å². The van der Waals surface area contributed by atoms with Crippen molar-refractivity contribution in [1.82, 2.24) is 4.98 Å². The van der Waals surface area contributed by atoms with Gasteiger partial charge in [-0.05, 0) is 60.1 Å². The summed E-state index contributed by atoms with van der Waals surface area (Å²) >= 11 is 3.30. The van der Waals surface area contributed by atoms with Crippen molar-refractivity contribution in [3.8, 4) is 5.75 Å². The molecular formula is C15H16BrN4NiO+. The van der Waals surface area contributed by atoms with Crippen LogP contribution >= 0.6 is 15.9 Å². The fourth-order valence-electron chi connectivity index (χ4n) is 1.90. The van der Waals surface area contributed by atoms with Crippen LogP contribution in [0.25, 0.3) is 0 Å². The molecule has 0 saturated carbocycles. The number of halogens is 1. The molecule has 0 unspecified atom stereocenters. The smallest absolute Gasteiger partial charge is 0.871 e. The number of nitrogens with zero attached hydrogens (tertiary/aromatic N) is 4. The van der Waals surface area contributed by atoms with E-state index in [4.69, 9.17) is 0 Å². The van der Waals surface area contributed by atoms with Gasteiger partial charge in [0.25, 0.3) is 0 Å². The minimum Gasteiger partial charge on any atom is -0.871 e. The molecule has 7 heteroatoms. The number of benzene rings is 1. The predicted molar refractivity (Wildman–Crippen MR) is 85.6 cm³/mol. The molecular weight excluding hydrogens is 391 g/mol. The Morgan fingerprint density at radius 1 is 1.14 bits per heavy atom. The van der Waals surface area contributed by atoms with Crippen LogP contribution < -0.4 is 10.0 Å². The molecule has 0 N–H and O–H groups in total. The van der Waals surface area contributed by atoms with Crippen LogP contribution in [0, 0.1) is 0 Å². The summed E-state index contributed by atoms with van der Waals surface area (Å²) < 4.78 is 0.870. The molecule has 0 aliphatic rings. The van der Waals surface area contributed by atoms with Crippen LogP contribution in [0.1, 0.15) is 13.8 Å². The van der Waals surface area contributed by atoms with Gasteiger partial charge in [-0.1, -0.05) is 5.75 Å². The average Bonchev–Trinajstić information content (AvgIpc) is 2.49. The largest absolute Gasteiger partial charge is 2.00 e. The van der Waals surface area contributed by atoms with Crippen molar-refractivity contribution in [3.05, 3.63) is 41.0 Å². The van der Waals surface area contributed by atoms with Gasteiger partial charge in [0.15, 0.2) is 5.82 Å². The van der Waals surface area contributed by atoms with E-state index in [-0.39, 0.29) is 22.2 Å². The summed E-state index contributed by atoms with van der Waals surface area (Å²) in [4.78, 5) is 6.19. The Balaban J connectivity index is 0.00000242. The number of aromatic nitrogens is 1. The molecule has 22 heavy (non-hydrogen) atoms. The van der Waals surface area contributed by atoms with E-state index in [1.54, 1.807) is 24.4 Å². The number of hydrogen-bond acceptors (Lipinski definition) is 5. The summed E-state index contributed by atoms with van der Waals surface area (Å²) in [6.45, 7) is 5.83. The van der Waals surface area contributed by atoms with Gasteiger partial charge in [0.05, 0.1) is 5.69 Å². The van der Waals surface area contributed by atoms with E-state index < -0.39 is 0 Å². The summed E-state index contributed by atoms with van der Waals surface area (Å²) in [5, 5.41) is 20.0. The molecule has 1 heterocycles. The maximum Gasteiger partial charge on any atom is 2.00 e. The Morgan fingerprint density at radius 3 is 2.41 bits per heavy atom. The van der Waals surface area contributed by atoms with Crippen molar-refractivity contribution in [1.29, 1.82) is 0 Å². The van der Waals surface area contributed by atoms with E-state index in [2.05, 4.69) is 49.9 Å². The zero-order chi connectivity index (χ0) is 15.2. The molecule has 0 saturated heterocycles. The van der Waals surface area contributed by atoms with Crippen LogP contribution in [-0.4, -0.2) is 18.1 Å². The van der Waals surface area contributed by atoms with Gasteiger partial charge in [-0.25, -0.2) is 4.98 Å². The van der Waals surface area contributed by atoms with Crippen molar-refractivity contribution in [3.63, 3.8) is 0 Å². The van der Waals surface area contributed by atoms with Crippen LogP contribution in [0.3, 0.4) is 0 Å². The Morgan fingerprint density at radius 2 is 1.86 bits per heavy atom. The van der Waals surface area contributed by atoms with Gasteiger partial charge in [-0.2, -0.15) is 0 Å². The number of anilines is 1. The monoisotopic (exact) mass is 405 g/mol. The number of pyridine rings is 1. The standard InChI is InChI=1S/C15H17BrN4O.Ni/c1-3-20(4-2)12-6-7-13(14(21)9-12)18-19-15-8-5-11(16)10-17-15;/h5-10,21H,3-4H2,1-2H3;/q;+2/p-1. The van der Waals surface area contributed by atoms with E-state index in [0.717, 1.165) is 23.2 Å². The van der Waals surface area contributed by atoms with E-state index in [0.29, 0.717) is 11.5 Å². The first-order chi connectivity index (χ1) is 10.1. The molecule has 2 aromatic rings. The predicted octanol–water partition coefficient (Wildman–Crippen LogP) is 4.18. The molecule has 0 aliphatic carbocycles. The van der Waals surface area contributed by atoms with Crippen molar-refractivity contribution in [2.75, 3.05) is 18.0 Å². The normalized spacial score (nSPS) is 10.5. The Kier molecular flexibility index (Phi) is 7.49. The molecule has 1 aromatic carbocycles. The van der Waals surface area contributed by atoms with Gasteiger partial charge in [-0.15, -0.1) is 10.2 Å². The number of rotatable bonds is 5. The quantitative estimate of drug-likeness (QED) is 0.552. The van der Waals surface area contributed by atoms with Crippen LogP contribution in [0.5, 0.6) is 5.75 Å². The van der Waals surface area contributed by atoms with Crippen molar-refractivity contribution in [2.24, 2.45) is 10.2 Å². The van der Waals surface area contributed by atoms with Crippen molar-refractivity contribution in [2.45, 2.75) is 13.8 Å². The van der Waals surface area contributed by atoms with Crippen LogP contribution in [0.4, 0.5) is 17.2 Å². The van der Waals surface area contributed by atoms with Crippen LogP contribution in [0.15, 0.2) is 51.2 Å². The van der Waals surface area contributed by atoms with E-state index in [9.17, 15) is 5.11 Å². The molecule has 0 spiro atoms. The Hall–Kier alpha value is -1.46. The molecule has 0 amide bonds. The first-order valence-corrected chi connectivity index (χ1v) is 7.52. The molecule has 0 bridgehead atoms. The second-order valence-electron chi connectivity index (χ2n) is 4.36. The number of hydrogen-bond donors (Lipinski definition) is 0. The van der Waals surface area contributed by atoms with E-state index >= 15 is 0 Å². The van der Waals surface area contributed by atoms with Crippen molar-refractivity contribution < 1.29 is 21.6 Å². The Labute approximate surface area is 148 Å². The zero-order valence-electron chi connectivity index (χ0n) is 12.3. The zero-order valence-corrected chi connectivity index (χ0v) is 14.8. The molecule has 0 atom stereocenters. The minimum absolute atomic E-state index is 0. The molecule has 5 nitrogen and oxygen atoms in total. The molecule has 0 aliphatic heterocycles. The first kappa shape index (κ1) is 18.6. The van der Waals surface area contributed by atoms with Gasteiger partial charge in [0, 0.05) is 29.4 Å². The molecule has 0 radical (unpaired) electrons. The third-order valence-corrected chi connectivity index (χ3v) is 3.51.